The quantitative estimate of drug-likeness (QED) is 0.793. The molecule has 0 aromatic heterocycles. The van der Waals surface area contributed by atoms with Gasteiger partial charge in [0.05, 0.1) is 10.7 Å². The van der Waals surface area contributed by atoms with Crippen molar-refractivity contribution < 1.29 is 8.42 Å². The first-order chi connectivity index (χ1) is 10.1. The summed E-state index contributed by atoms with van der Waals surface area (Å²) < 4.78 is 27.2. The normalized spacial score (nSPS) is 11.3. The second-order valence-corrected chi connectivity index (χ2v) is 6.93. The van der Waals surface area contributed by atoms with Crippen LogP contribution < -0.4 is 4.31 Å². The molecule has 2 aromatic carbocycles. The number of nitrogens with zero attached hydrogens (tertiary/aromatic N) is 1. The minimum Gasteiger partial charge on any atom is -0.266 e. The first-order valence-electron chi connectivity index (χ1n) is 6.89. The summed E-state index contributed by atoms with van der Waals surface area (Å²) in [6.45, 7) is 2.47. The topological polar surface area (TPSA) is 37.4 Å². The van der Waals surface area contributed by atoms with Gasteiger partial charge < -0.3 is 0 Å². The average molecular weight is 324 g/mol. The van der Waals surface area contributed by atoms with Gasteiger partial charge in [-0.2, -0.15) is 0 Å². The Morgan fingerprint density at radius 2 is 1.62 bits per heavy atom. The van der Waals surface area contributed by atoms with Crippen molar-refractivity contribution in [3.8, 4) is 0 Å². The van der Waals surface area contributed by atoms with E-state index in [0.29, 0.717) is 12.2 Å². The van der Waals surface area contributed by atoms with E-state index < -0.39 is 10.0 Å². The largest absolute Gasteiger partial charge is 0.266 e. The van der Waals surface area contributed by atoms with E-state index in [1.807, 2.05) is 25.1 Å². The highest BCUT2D eigenvalue weighted by molar-refractivity contribution is 7.93. The highest BCUT2D eigenvalue weighted by Gasteiger charge is 2.26. The predicted molar refractivity (Wildman–Crippen MR) is 87.3 cm³/mol. The second kappa shape index (κ2) is 6.96. The lowest BCUT2D eigenvalue weighted by Crippen LogP contribution is -2.32. The van der Waals surface area contributed by atoms with Crippen LogP contribution in [0, 0.1) is 0 Å². The van der Waals surface area contributed by atoms with Crippen LogP contribution in [0.5, 0.6) is 0 Å². The predicted octanol–water partition coefficient (Wildman–Crippen LogP) is 4.34. The zero-order valence-corrected chi connectivity index (χ0v) is 13.4. The number of para-hydroxylation sites is 1. The standard InChI is InChI=1S/C16H18ClNO2S/c1-2-3-13-18(14-9-5-4-6-10-14)21(19,20)16-12-8-7-11-15(16)17/h4-12H,2-3,13H2,1H3. The van der Waals surface area contributed by atoms with Crippen LogP contribution in [0.25, 0.3) is 0 Å². The summed E-state index contributed by atoms with van der Waals surface area (Å²) in [6, 6.07) is 15.7. The zero-order valence-electron chi connectivity index (χ0n) is 11.9. The summed E-state index contributed by atoms with van der Waals surface area (Å²) in [4.78, 5) is 0.145. The van der Waals surface area contributed by atoms with Crippen LogP contribution in [-0.4, -0.2) is 15.0 Å². The molecule has 0 atom stereocenters. The van der Waals surface area contributed by atoms with Gasteiger partial charge >= 0.3 is 0 Å². The van der Waals surface area contributed by atoms with Crippen LogP contribution in [0.1, 0.15) is 19.8 Å². The number of hydrogen-bond acceptors (Lipinski definition) is 2. The Bertz CT molecular complexity index is 686. The molecule has 0 fully saturated rings. The molecule has 2 aromatic rings. The number of benzene rings is 2. The molecule has 112 valence electrons. The summed E-state index contributed by atoms with van der Waals surface area (Å²) in [5, 5.41) is 0.245. The van der Waals surface area contributed by atoms with E-state index in [0.717, 1.165) is 12.8 Å². The van der Waals surface area contributed by atoms with Crippen molar-refractivity contribution >= 4 is 27.3 Å². The van der Waals surface area contributed by atoms with Crippen molar-refractivity contribution in [1.82, 2.24) is 0 Å². The van der Waals surface area contributed by atoms with Crippen LogP contribution in [0.4, 0.5) is 5.69 Å². The van der Waals surface area contributed by atoms with Crippen molar-refractivity contribution in [1.29, 1.82) is 0 Å². The summed E-state index contributed by atoms with van der Waals surface area (Å²) in [7, 11) is -3.66. The molecule has 0 spiro atoms. The van der Waals surface area contributed by atoms with Crippen molar-refractivity contribution in [2.45, 2.75) is 24.7 Å². The molecule has 2 rings (SSSR count). The molecule has 3 nitrogen and oxygen atoms in total. The molecule has 21 heavy (non-hydrogen) atoms. The fraction of sp³-hybridized carbons (Fsp3) is 0.250. The smallest absolute Gasteiger partial charge is 0.265 e. The molecule has 5 heteroatoms. The Labute approximate surface area is 131 Å². The molecule has 0 N–H and O–H groups in total. The van der Waals surface area contributed by atoms with Crippen molar-refractivity contribution in [2.24, 2.45) is 0 Å². The Kier molecular flexibility index (Phi) is 5.26. The van der Waals surface area contributed by atoms with Crippen LogP contribution in [-0.2, 0) is 10.0 Å². The van der Waals surface area contributed by atoms with Crippen molar-refractivity contribution in [3.05, 3.63) is 59.6 Å². The number of unbranched alkanes of at least 4 members (excludes halogenated alkanes) is 1. The Morgan fingerprint density at radius 1 is 1.00 bits per heavy atom. The van der Waals surface area contributed by atoms with Crippen LogP contribution in [0.15, 0.2) is 59.5 Å². The summed E-state index contributed by atoms with van der Waals surface area (Å²) >= 11 is 6.07. The molecule has 0 heterocycles. The van der Waals surface area contributed by atoms with Gasteiger partial charge in [-0.05, 0) is 30.7 Å². The lowest BCUT2D eigenvalue weighted by Gasteiger charge is -2.24. The first-order valence-corrected chi connectivity index (χ1v) is 8.71. The second-order valence-electron chi connectivity index (χ2n) is 4.70. The monoisotopic (exact) mass is 323 g/mol. The maximum absolute atomic E-state index is 12.9. The Morgan fingerprint density at radius 3 is 2.24 bits per heavy atom. The average Bonchev–Trinajstić information content (AvgIpc) is 2.49. The molecule has 0 unspecified atom stereocenters. The van der Waals surface area contributed by atoms with Gasteiger partial charge in [-0.1, -0.05) is 55.3 Å². The molecule has 0 aliphatic carbocycles. The van der Waals surface area contributed by atoms with Gasteiger partial charge in [0.15, 0.2) is 0 Å². The molecule has 0 saturated carbocycles. The third-order valence-electron chi connectivity index (χ3n) is 3.16. The van der Waals surface area contributed by atoms with E-state index in [1.165, 1.54) is 4.31 Å². The fourth-order valence-electron chi connectivity index (χ4n) is 2.06. The molecule has 0 amide bonds. The molecule has 0 bridgehead atoms. The number of sulfonamides is 1. The Balaban J connectivity index is 2.48. The van der Waals surface area contributed by atoms with Crippen molar-refractivity contribution in [3.63, 3.8) is 0 Å². The highest BCUT2D eigenvalue weighted by Crippen LogP contribution is 2.28. The van der Waals surface area contributed by atoms with Crippen LogP contribution in [0.2, 0.25) is 5.02 Å². The van der Waals surface area contributed by atoms with E-state index in [9.17, 15) is 8.42 Å². The lowest BCUT2D eigenvalue weighted by molar-refractivity contribution is 0.589. The van der Waals surface area contributed by atoms with Gasteiger partial charge in [-0.25, -0.2) is 8.42 Å². The van der Waals surface area contributed by atoms with Crippen molar-refractivity contribution in [2.75, 3.05) is 10.8 Å². The van der Waals surface area contributed by atoms with Gasteiger partial charge in [0, 0.05) is 6.54 Å². The van der Waals surface area contributed by atoms with Gasteiger partial charge in [0.25, 0.3) is 10.0 Å². The van der Waals surface area contributed by atoms with Crippen LogP contribution in [0.3, 0.4) is 0 Å². The van der Waals surface area contributed by atoms with E-state index >= 15 is 0 Å². The number of hydrogen-bond donors (Lipinski definition) is 0. The summed E-state index contributed by atoms with van der Waals surface area (Å²) in [5.74, 6) is 0. The molecular formula is C16H18ClNO2S. The maximum atomic E-state index is 12.9. The molecular weight excluding hydrogens is 306 g/mol. The number of halogens is 1. The SMILES string of the molecule is CCCCN(c1ccccc1)S(=O)(=O)c1ccccc1Cl. The van der Waals surface area contributed by atoms with Gasteiger partial charge in [0.1, 0.15) is 4.90 Å². The summed E-state index contributed by atoms with van der Waals surface area (Å²) in [6.07, 6.45) is 1.71. The molecule has 0 saturated heterocycles. The minimum absolute atomic E-state index is 0.145. The van der Waals surface area contributed by atoms with Crippen LogP contribution >= 0.6 is 11.6 Å². The fourth-order valence-corrected chi connectivity index (χ4v) is 4.06. The molecule has 0 aliphatic rings. The summed E-state index contributed by atoms with van der Waals surface area (Å²) in [5.41, 5.74) is 0.658. The maximum Gasteiger partial charge on any atom is 0.265 e. The number of rotatable bonds is 6. The first kappa shape index (κ1) is 15.9. The third-order valence-corrected chi connectivity index (χ3v) is 5.49. The molecule has 0 aliphatic heterocycles. The number of anilines is 1. The van der Waals surface area contributed by atoms with Gasteiger partial charge in [0.2, 0.25) is 0 Å². The van der Waals surface area contributed by atoms with E-state index in [-0.39, 0.29) is 9.92 Å². The van der Waals surface area contributed by atoms with Gasteiger partial charge in [-0.15, -0.1) is 0 Å². The third kappa shape index (κ3) is 3.57. The lowest BCUT2D eigenvalue weighted by atomic mass is 10.3. The van der Waals surface area contributed by atoms with Gasteiger partial charge in [-0.3, -0.25) is 4.31 Å². The van der Waals surface area contributed by atoms with E-state index in [4.69, 9.17) is 11.6 Å². The highest BCUT2D eigenvalue weighted by atomic mass is 35.5. The Hall–Kier alpha value is -1.52. The van der Waals surface area contributed by atoms with E-state index in [1.54, 1.807) is 36.4 Å². The van der Waals surface area contributed by atoms with E-state index in [2.05, 4.69) is 0 Å². The zero-order chi connectivity index (χ0) is 15.3. The minimum atomic E-state index is -3.66. The molecule has 0 radical (unpaired) electrons.